The Morgan fingerprint density at radius 3 is 2.79 bits per heavy atom. The molecule has 3 rings (SSSR count). The third-order valence-electron chi connectivity index (χ3n) is 4.06. The zero-order valence-electron chi connectivity index (χ0n) is 11.8. The fourth-order valence-electron chi connectivity index (χ4n) is 2.97. The summed E-state index contributed by atoms with van der Waals surface area (Å²) >= 11 is 6.24. The third kappa shape index (κ3) is 1.92. The minimum absolute atomic E-state index is 0.133. The molecule has 102 valence electrons. The Morgan fingerprint density at radius 1 is 1.37 bits per heavy atom. The van der Waals surface area contributed by atoms with Gasteiger partial charge in [-0.25, -0.2) is 0 Å². The highest BCUT2D eigenvalue weighted by atomic mass is 35.5. The van der Waals surface area contributed by atoms with Crippen molar-refractivity contribution in [2.24, 2.45) is 7.05 Å². The first kappa shape index (κ1) is 12.8. The second-order valence-corrected chi connectivity index (χ2v) is 6.31. The second-order valence-electron chi connectivity index (χ2n) is 5.90. The molecule has 0 atom stereocenters. The summed E-state index contributed by atoms with van der Waals surface area (Å²) in [6, 6.07) is 4.07. The van der Waals surface area contributed by atoms with Crippen LogP contribution in [0.2, 0.25) is 5.02 Å². The molecule has 2 aromatic rings. The van der Waals surface area contributed by atoms with Crippen molar-refractivity contribution in [2.45, 2.75) is 32.4 Å². The average Bonchev–Trinajstić information content (AvgIpc) is 2.60. The topological polar surface area (TPSA) is 26.2 Å². The summed E-state index contributed by atoms with van der Waals surface area (Å²) < 4.78 is 7.58. The van der Waals surface area contributed by atoms with Crippen LogP contribution in [0.15, 0.2) is 12.1 Å². The molecule has 0 unspecified atom stereocenters. The SMILES string of the molecule is COc1cc2c3c(n(C)c2cc1Cl)CNC(C)(C)C3. The van der Waals surface area contributed by atoms with Crippen molar-refractivity contribution in [2.75, 3.05) is 7.11 Å². The fraction of sp³-hybridized carbons (Fsp3) is 0.467. The van der Waals surface area contributed by atoms with Gasteiger partial charge in [-0.2, -0.15) is 0 Å². The lowest BCUT2D eigenvalue weighted by Crippen LogP contribution is -2.44. The summed E-state index contributed by atoms with van der Waals surface area (Å²) in [7, 11) is 3.76. The number of hydrogen-bond donors (Lipinski definition) is 1. The quantitative estimate of drug-likeness (QED) is 0.866. The largest absolute Gasteiger partial charge is 0.495 e. The Kier molecular flexibility index (Phi) is 2.80. The second kappa shape index (κ2) is 4.15. The van der Waals surface area contributed by atoms with E-state index in [2.05, 4.69) is 36.8 Å². The Morgan fingerprint density at radius 2 is 2.11 bits per heavy atom. The van der Waals surface area contributed by atoms with E-state index in [0.717, 1.165) is 18.7 Å². The Balaban J connectivity index is 2.29. The third-order valence-corrected chi connectivity index (χ3v) is 4.36. The van der Waals surface area contributed by atoms with Crippen molar-refractivity contribution in [1.82, 2.24) is 9.88 Å². The molecule has 1 aliphatic heterocycles. The number of aromatic nitrogens is 1. The van der Waals surface area contributed by atoms with E-state index >= 15 is 0 Å². The van der Waals surface area contributed by atoms with Crippen LogP contribution >= 0.6 is 11.6 Å². The van der Waals surface area contributed by atoms with Crippen LogP contribution in [0.3, 0.4) is 0 Å². The Labute approximate surface area is 118 Å². The summed E-state index contributed by atoms with van der Waals surface area (Å²) in [4.78, 5) is 0. The van der Waals surface area contributed by atoms with Crippen molar-refractivity contribution in [1.29, 1.82) is 0 Å². The molecule has 0 spiro atoms. The first-order chi connectivity index (χ1) is 8.93. The summed E-state index contributed by atoms with van der Waals surface area (Å²) in [6.45, 7) is 5.37. The molecule has 0 bridgehead atoms. The van der Waals surface area contributed by atoms with Gasteiger partial charge in [-0.15, -0.1) is 0 Å². The van der Waals surface area contributed by atoms with Gasteiger partial charge in [0.2, 0.25) is 0 Å². The molecule has 0 saturated heterocycles. The molecule has 0 fully saturated rings. The van der Waals surface area contributed by atoms with E-state index in [1.54, 1.807) is 7.11 Å². The van der Waals surface area contributed by atoms with E-state index in [1.807, 2.05) is 6.07 Å². The molecule has 1 aliphatic rings. The van der Waals surface area contributed by atoms with Crippen LogP contribution in [0.4, 0.5) is 0 Å². The number of methoxy groups -OCH3 is 1. The molecule has 4 heteroatoms. The lowest BCUT2D eigenvalue weighted by molar-refractivity contribution is 0.357. The number of hydrogen-bond acceptors (Lipinski definition) is 2. The molecule has 1 N–H and O–H groups in total. The van der Waals surface area contributed by atoms with Crippen molar-refractivity contribution in [3.63, 3.8) is 0 Å². The number of nitrogens with zero attached hydrogens (tertiary/aromatic N) is 1. The van der Waals surface area contributed by atoms with E-state index < -0.39 is 0 Å². The van der Waals surface area contributed by atoms with Crippen molar-refractivity contribution < 1.29 is 4.74 Å². The molecule has 0 amide bonds. The monoisotopic (exact) mass is 278 g/mol. The summed E-state index contributed by atoms with van der Waals surface area (Å²) in [5.41, 5.74) is 4.07. The first-order valence-electron chi connectivity index (χ1n) is 6.51. The van der Waals surface area contributed by atoms with Gasteiger partial charge in [0.15, 0.2) is 0 Å². The average molecular weight is 279 g/mol. The Bertz CT molecular complexity index is 658. The zero-order chi connectivity index (χ0) is 13.8. The lowest BCUT2D eigenvalue weighted by atomic mass is 9.89. The smallest absolute Gasteiger partial charge is 0.138 e. The van der Waals surface area contributed by atoms with Crippen LogP contribution in [0.1, 0.15) is 25.1 Å². The normalized spacial score (nSPS) is 17.5. The lowest BCUT2D eigenvalue weighted by Gasteiger charge is -2.31. The highest BCUT2D eigenvalue weighted by molar-refractivity contribution is 6.32. The van der Waals surface area contributed by atoms with Crippen molar-refractivity contribution in [3.05, 3.63) is 28.4 Å². The van der Waals surface area contributed by atoms with Crippen LogP contribution in [-0.4, -0.2) is 17.2 Å². The van der Waals surface area contributed by atoms with E-state index in [0.29, 0.717) is 5.02 Å². The van der Waals surface area contributed by atoms with Gasteiger partial charge >= 0.3 is 0 Å². The minimum atomic E-state index is 0.133. The number of rotatable bonds is 1. The summed E-state index contributed by atoms with van der Waals surface area (Å²) in [5, 5.41) is 5.50. The molecule has 1 aromatic heterocycles. The predicted molar refractivity (Wildman–Crippen MR) is 79.1 cm³/mol. The standard InChI is InChI=1S/C15H19ClN2O/c1-15(2)7-10-9-5-14(19-4)11(16)6-12(9)18(3)13(10)8-17-15/h5-6,17H,7-8H2,1-4H3. The minimum Gasteiger partial charge on any atom is -0.495 e. The first-order valence-corrected chi connectivity index (χ1v) is 6.89. The number of aryl methyl sites for hydroxylation is 1. The number of fused-ring (bicyclic) bond motifs is 3. The van der Waals surface area contributed by atoms with Crippen LogP contribution in [0, 0.1) is 0 Å². The molecule has 2 heterocycles. The van der Waals surface area contributed by atoms with E-state index in [-0.39, 0.29) is 5.54 Å². The van der Waals surface area contributed by atoms with Crippen LogP contribution in [-0.2, 0) is 20.0 Å². The van der Waals surface area contributed by atoms with Gasteiger partial charge in [0, 0.05) is 30.2 Å². The highest BCUT2D eigenvalue weighted by Crippen LogP contribution is 2.37. The maximum absolute atomic E-state index is 6.24. The predicted octanol–water partition coefficient (Wildman–Crippen LogP) is 3.26. The van der Waals surface area contributed by atoms with Crippen LogP contribution < -0.4 is 10.1 Å². The molecular formula is C15H19ClN2O. The number of nitrogens with one attached hydrogen (secondary N) is 1. The van der Waals surface area contributed by atoms with Crippen LogP contribution in [0.5, 0.6) is 5.75 Å². The van der Waals surface area contributed by atoms with Gasteiger partial charge in [0.05, 0.1) is 17.6 Å². The van der Waals surface area contributed by atoms with E-state index in [4.69, 9.17) is 16.3 Å². The fourth-order valence-corrected chi connectivity index (χ4v) is 3.21. The molecule has 1 aromatic carbocycles. The van der Waals surface area contributed by atoms with Crippen molar-refractivity contribution in [3.8, 4) is 5.75 Å². The summed E-state index contributed by atoms with van der Waals surface area (Å²) in [6.07, 6.45) is 1.02. The molecule has 3 nitrogen and oxygen atoms in total. The molecule has 19 heavy (non-hydrogen) atoms. The van der Waals surface area contributed by atoms with E-state index in [9.17, 15) is 0 Å². The number of benzene rings is 1. The maximum atomic E-state index is 6.24. The maximum Gasteiger partial charge on any atom is 0.138 e. The highest BCUT2D eigenvalue weighted by Gasteiger charge is 2.29. The molecule has 0 saturated carbocycles. The molecule has 0 radical (unpaired) electrons. The molecular weight excluding hydrogens is 260 g/mol. The number of halogens is 1. The van der Waals surface area contributed by atoms with Gasteiger partial charge in [-0.1, -0.05) is 11.6 Å². The van der Waals surface area contributed by atoms with Crippen molar-refractivity contribution >= 4 is 22.5 Å². The van der Waals surface area contributed by atoms with Gasteiger partial charge in [-0.05, 0) is 38.0 Å². The number of ether oxygens (including phenoxy) is 1. The van der Waals surface area contributed by atoms with E-state index in [1.165, 1.54) is 22.2 Å². The van der Waals surface area contributed by atoms with Gasteiger partial charge in [0.25, 0.3) is 0 Å². The zero-order valence-corrected chi connectivity index (χ0v) is 12.6. The summed E-state index contributed by atoms with van der Waals surface area (Å²) in [5.74, 6) is 0.749. The van der Waals surface area contributed by atoms with Gasteiger partial charge in [-0.3, -0.25) is 0 Å². The van der Waals surface area contributed by atoms with Gasteiger partial charge < -0.3 is 14.6 Å². The Hall–Kier alpha value is -1.19. The van der Waals surface area contributed by atoms with Gasteiger partial charge in [0.1, 0.15) is 5.75 Å². The van der Waals surface area contributed by atoms with Crippen LogP contribution in [0.25, 0.3) is 10.9 Å². The molecule has 0 aliphatic carbocycles.